The predicted molar refractivity (Wildman–Crippen MR) is 75.7 cm³/mol. The first-order valence-corrected chi connectivity index (χ1v) is 6.67. The van der Waals surface area contributed by atoms with Gasteiger partial charge in [0.25, 0.3) is 0 Å². The van der Waals surface area contributed by atoms with E-state index in [1.807, 2.05) is 19.1 Å². The van der Waals surface area contributed by atoms with Crippen LogP contribution in [0, 0.1) is 12.3 Å². The van der Waals surface area contributed by atoms with Crippen LogP contribution < -0.4 is 10.2 Å². The number of hydrogen-bond donors (Lipinski definition) is 2. The van der Waals surface area contributed by atoms with Gasteiger partial charge in [0.15, 0.2) is 0 Å². The molecule has 1 fully saturated rings. The van der Waals surface area contributed by atoms with Gasteiger partial charge in [-0.25, -0.2) is 4.98 Å². The van der Waals surface area contributed by atoms with Gasteiger partial charge in [-0.15, -0.1) is 0 Å². The molecule has 19 heavy (non-hydrogen) atoms. The van der Waals surface area contributed by atoms with E-state index in [4.69, 9.17) is 5.41 Å². The third-order valence-corrected chi connectivity index (χ3v) is 3.24. The fraction of sp³-hybridized carbons (Fsp3) is 0.500. The number of aryl methyl sites for hydroxylation is 1. The van der Waals surface area contributed by atoms with E-state index >= 15 is 0 Å². The standard InChI is InChI=1S/C14H20N4O/c1-10-6-7-12(13(15)17-11(2)19)14(16-10)18-8-4-3-5-9-18/h6-7H,3-5,8-9H2,1-2H3,(H2,15,17,19). The molecule has 2 heterocycles. The van der Waals surface area contributed by atoms with Gasteiger partial charge in [0.2, 0.25) is 5.91 Å². The largest absolute Gasteiger partial charge is 0.356 e. The minimum atomic E-state index is -0.227. The number of aromatic nitrogens is 1. The van der Waals surface area contributed by atoms with Crippen molar-refractivity contribution in [1.29, 1.82) is 5.41 Å². The molecule has 1 aromatic rings. The lowest BCUT2D eigenvalue weighted by Crippen LogP contribution is -2.34. The van der Waals surface area contributed by atoms with Gasteiger partial charge in [0, 0.05) is 25.7 Å². The summed E-state index contributed by atoms with van der Waals surface area (Å²) >= 11 is 0. The van der Waals surface area contributed by atoms with Gasteiger partial charge < -0.3 is 10.2 Å². The number of nitrogens with zero attached hydrogens (tertiary/aromatic N) is 2. The molecule has 1 aliphatic heterocycles. The molecule has 1 amide bonds. The third-order valence-electron chi connectivity index (χ3n) is 3.24. The van der Waals surface area contributed by atoms with Crippen molar-refractivity contribution in [1.82, 2.24) is 10.3 Å². The van der Waals surface area contributed by atoms with Crippen LogP contribution in [0.15, 0.2) is 12.1 Å². The Balaban J connectivity index is 2.31. The zero-order chi connectivity index (χ0) is 13.8. The Labute approximate surface area is 113 Å². The van der Waals surface area contributed by atoms with E-state index in [2.05, 4.69) is 15.2 Å². The number of anilines is 1. The number of rotatable bonds is 2. The number of nitrogens with one attached hydrogen (secondary N) is 2. The first kappa shape index (κ1) is 13.5. The van der Waals surface area contributed by atoms with Crippen molar-refractivity contribution in [2.75, 3.05) is 18.0 Å². The molecule has 0 bridgehead atoms. The Morgan fingerprint density at radius 3 is 2.63 bits per heavy atom. The lowest BCUT2D eigenvalue weighted by Gasteiger charge is -2.29. The van der Waals surface area contributed by atoms with Crippen molar-refractivity contribution in [2.24, 2.45) is 0 Å². The summed E-state index contributed by atoms with van der Waals surface area (Å²) in [6.45, 7) is 5.30. The maximum absolute atomic E-state index is 11.1. The fourth-order valence-corrected chi connectivity index (χ4v) is 2.33. The summed E-state index contributed by atoms with van der Waals surface area (Å²) < 4.78 is 0. The van der Waals surface area contributed by atoms with E-state index in [1.165, 1.54) is 13.3 Å². The number of carbonyl (C=O) groups excluding carboxylic acids is 1. The molecule has 0 radical (unpaired) electrons. The van der Waals surface area contributed by atoms with Gasteiger partial charge in [-0.05, 0) is 38.3 Å². The van der Waals surface area contributed by atoms with Crippen LogP contribution in [0.4, 0.5) is 5.82 Å². The molecule has 5 nitrogen and oxygen atoms in total. The molecule has 1 saturated heterocycles. The monoisotopic (exact) mass is 260 g/mol. The van der Waals surface area contributed by atoms with Crippen LogP contribution in [0.5, 0.6) is 0 Å². The molecule has 1 aliphatic rings. The Morgan fingerprint density at radius 1 is 1.32 bits per heavy atom. The van der Waals surface area contributed by atoms with Gasteiger partial charge in [-0.1, -0.05) is 0 Å². The maximum atomic E-state index is 11.1. The molecular weight excluding hydrogens is 240 g/mol. The maximum Gasteiger partial charge on any atom is 0.222 e. The van der Waals surface area contributed by atoms with Crippen molar-refractivity contribution in [3.05, 3.63) is 23.4 Å². The third kappa shape index (κ3) is 3.30. The van der Waals surface area contributed by atoms with Crippen LogP contribution in [0.1, 0.15) is 37.4 Å². The van der Waals surface area contributed by atoms with Crippen LogP contribution in [-0.2, 0) is 4.79 Å². The summed E-state index contributed by atoms with van der Waals surface area (Å²) in [6, 6.07) is 3.74. The highest BCUT2D eigenvalue weighted by atomic mass is 16.1. The highest BCUT2D eigenvalue weighted by molar-refractivity contribution is 6.08. The molecule has 0 saturated carbocycles. The van der Waals surface area contributed by atoms with E-state index in [1.54, 1.807) is 0 Å². The lowest BCUT2D eigenvalue weighted by atomic mass is 10.1. The van der Waals surface area contributed by atoms with E-state index in [0.29, 0.717) is 5.56 Å². The molecule has 1 aromatic heterocycles. The van der Waals surface area contributed by atoms with Crippen molar-refractivity contribution in [2.45, 2.75) is 33.1 Å². The molecule has 5 heteroatoms. The minimum Gasteiger partial charge on any atom is -0.356 e. The van der Waals surface area contributed by atoms with E-state index < -0.39 is 0 Å². The second-order valence-corrected chi connectivity index (χ2v) is 4.93. The van der Waals surface area contributed by atoms with Gasteiger partial charge in [0.1, 0.15) is 11.7 Å². The zero-order valence-electron chi connectivity index (χ0n) is 11.5. The van der Waals surface area contributed by atoms with Crippen LogP contribution in [0.25, 0.3) is 0 Å². The highest BCUT2D eigenvalue weighted by Gasteiger charge is 2.18. The van der Waals surface area contributed by atoms with E-state index in [-0.39, 0.29) is 11.7 Å². The number of amidine groups is 1. The molecule has 2 rings (SSSR count). The average molecular weight is 260 g/mol. The summed E-state index contributed by atoms with van der Waals surface area (Å²) in [5.41, 5.74) is 1.63. The van der Waals surface area contributed by atoms with Crippen LogP contribution in [0.3, 0.4) is 0 Å². The number of hydrogen-bond acceptors (Lipinski definition) is 4. The van der Waals surface area contributed by atoms with Gasteiger partial charge >= 0.3 is 0 Å². The second-order valence-electron chi connectivity index (χ2n) is 4.93. The quantitative estimate of drug-likeness (QED) is 0.629. The molecule has 0 aliphatic carbocycles. The molecule has 0 unspecified atom stereocenters. The normalized spacial score (nSPS) is 15.2. The number of carbonyl (C=O) groups is 1. The summed E-state index contributed by atoms with van der Waals surface area (Å²) in [6.07, 6.45) is 3.56. The topological polar surface area (TPSA) is 69.1 Å². The summed E-state index contributed by atoms with van der Waals surface area (Å²) in [5.74, 6) is 0.717. The average Bonchev–Trinajstić information content (AvgIpc) is 2.38. The van der Waals surface area contributed by atoms with Crippen LogP contribution >= 0.6 is 0 Å². The van der Waals surface area contributed by atoms with Gasteiger partial charge in [-0.2, -0.15) is 0 Å². The Hall–Kier alpha value is -1.91. The fourth-order valence-electron chi connectivity index (χ4n) is 2.33. The van der Waals surface area contributed by atoms with Gasteiger partial charge in [-0.3, -0.25) is 10.2 Å². The number of pyridine rings is 1. The zero-order valence-corrected chi connectivity index (χ0v) is 11.5. The Bertz CT molecular complexity index is 492. The first-order valence-electron chi connectivity index (χ1n) is 6.67. The van der Waals surface area contributed by atoms with Crippen molar-refractivity contribution < 1.29 is 4.79 Å². The highest BCUT2D eigenvalue weighted by Crippen LogP contribution is 2.22. The van der Waals surface area contributed by atoms with Crippen molar-refractivity contribution in [3.8, 4) is 0 Å². The van der Waals surface area contributed by atoms with Crippen molar-refractivity contribution >= 4 is 17.6 Å². The van der Waals surface area contributed by atoms with E-state index in [0.717, 1.165) is 37.4 Å². The Kier molecular flexibility index (Phi) is 4.14. The summed E-state index contributed by atoms with van der Waals surface area (Å²) in [7, 11) is 0. The smallest absolute Gasteiger partial charge is 0.222 e. The molecular formula is C14H20N4O. The molecule has 0 atom stereocenters. The minimum absolute atomic E-state index is 0.126. The first-order chi connectivity index (χ1) is 9.08. The second kappa shape index (κ2) is 5.82. The van der Waals surface area contributed by atoms with Crippen LogP contribution in [0.2, 0.25) is 0 Å². The summed E-state index contributed by atoms with van der Waals surface area (Å²) in [4.78, 5) is 17.9. The Morgan fingerprint density at radius 2 is 2.00 bits per heavy atom. The lowest BCUT2D eigenvalue weighted by molar-refractivity contribution is -0.117. The molecule has 0 spiro atoms. The van der Waals surface area contributed by atoms with E-state index in [9.17, 15) is 4.79 Å². The SMILES string of the molecule is CC(=O)NC(=N)c1ccc(C)nc1N1CCCCC1. The van der Waals surface area contributed by atoms with Crippen molar-refractivity contribution in [3.63, 3.8) is 0 Å². The predicted octanol–water partition coefficient (Wildman–Crippen LogP) is 1.84. The molecule has 102 valence electrons. The van der Waals surface area contributed by atoms with Crippen LogP contribution in [-0.4, -0.2) is 29.8 Å². The molecule has 2 N–H and O–H groups in total. The van der Waals surface area contributed by atoms with Gasteiger partial charge in [0.05, 0.1) is 5.56 Å². The summed E-state index contributed by atoms with van der Waals surface area (Å²) in [5, 5.41) is 10.5. The number of piperidine rings is 1. The molecule has 0 aromatic carbocycles. The number of amides is 1.